The summed E-state index contributed by atoms with van der Waals surface area (Å²) in [7, 11) is 1.39. The first-order valence-corrected chi connectivity index (χ1v) is 7.55. The van der Waals surface area contributed by atoms with Crippen LogP contribution in [0.5, 0.6) is 0 Å². The van der Waals surface area contributed by atoms with Crippen molar-refractivity contribution in [3.8, 4) is 0 Å². The fourth-order valence-electron chi connectivity index (χ4n) is 2.57. The molecular weight excluding hydrogens is 284 g/mol. The lowest BCUT2D eigenvalue weighted by Crippen LogP contribution is -2.44. The molecule has 1 aliphatic heterocycles. The molecule has 0 spiro atoms. The van der Waals surface area contributed by atoms with Crippen LogP contribution < -0.4 is 5.73 Å². The number of nitrogens with zero attached hydrogens (tertiary/aromatic N) is 1. The highest BCUT2D eigenvalue weighted by Crippen LogP contribution is 2.31. The molecule has 1 fully saturated rings. The van der Waals surface area contributed by atoms with Crippen molar-refractivity contribution in [2.24, 2.45) is 11.1 Å². The summed E-state index contributed by atoms with van der Waals surface area (Å²) < 4.78 is 4.70. The minimum absolute atomic E-state index is 0.000570. The van der Waals surface area contributed by atoms with E-state index in [9.17, 15) is 4.79 Å². The summed E-state index contributed by atoms with van der Waals surface area (Å²) in [4.78, 5) is 14.4. The van der Waals surface area contributed by atoms with Gasteiger partial charge in [0.05, 0.1) is 17.7 Å². The smallest absolute Gasteiger partial charge is 0.337 e. The van der Waals surface area contributed by atoms with Crippen LogP contribution >= 0.6 is 12.2 Å². The van der Waals surface area contributed by atoms with Gasteiger partial charge in [-0.3, -0.25) is 4.90 Å². The van der Waals surface area contributed by atoms with Gasteiger partial charge in [0.1, 0.15) is 0 Å². The lowest BCUT2D eigenvalue weighted by molar-refractivity contribution is 0.0600. The minimum atomic E-state index is -0.299. The van der Waals surface area contributed by atoms with Crippen molar-refractivity contribution in [3.05, 3.63) is 35.4 Å². The average molecular weight is 306 g/mol. The first-order valence-electron chi connectivity index (χ1n) is 7.14. The number of esters is 1. The number of carbonyl (C=O) groups excluding carboxylic acids is 1. The number of thiocarbonyl (C=S) groups is 1. The van der Waals surface area contributed by atoms with Gasteiger partial charge < -0.3 is 10.5 Å². The summed E-state index contributed by atoms with van der Waals surface area (Å²) in [5.74, 6) is -0.299. The number of benzene rings is 1. The highest BCUT2D eigenvalue weighted by molar-refractivity contribution is 7.80. The van der Waals surface area contributed by atoms with E-state index in [1.165, 1.54) is 12.7 Å². The Morgan fingerprint density at radius 2 is 1.90 bits per heavy atom. The van der Waals surface area contributed by atoms with Crippen molar-refractivity contribution in [3.63, 3.8) is 0 Å². The maximum Gasteiger partial charge on any atom is 0.337 e. The van der Waals surface area contributed by atoms with Crippen LogP contribution in [0.25, 0.3) is 0 Å². The van der Waals surface area contributed by atoms with Crippen molar-refractivity contribution in [2.75, 3.05) is 20.2 Å². The van der Waals surface area contributed by atoms with Gasteiger partial charge in [-0.05, 0) is 43.6 Å². The Labute approximate surface area is 131 Å². The second-order valence-electron chi connectivity index (χ2n) is 5.89. The molecule has 1 aliphatic rings. The van der Waals surface area contributed by atoms with Crippen LogP contribution in [0.3, 0.4) is 0 Å². The second-order valence-corrected chi connectivity index (χ2v) is 6.33. The SMILES string of the molecule is COC(=O)c1ccc(CN2CCC(C)(C(N)=S)CC2)cc1. The van der Waals surface area contributed by atoms with E-state index in [0.29, 0.717) is 10.6 Å². The van der Waals surface area contributed by atoms with Gasteiger partial charge >= 0.3 is 5.97 Å². The fraction of sp³-hybridized carbons (Fsp3) is 0.500. The van der Waals surface area contributed by atoms with E-state index in [0.717, 1.165) is 32.5 Å². The van der Waals surface area contributed by atoms with Crippen LogP contribution in [0.15, 0.2) is 24.3 Å². The van der Waals surface area contributed by atoms with Crippen molar-refractivity contribution in [1.29, 1.82) is 0 Å². The highest BCUT2D eigenvalue weighted by Gasteiger charge is 2.32. The van der Waals surface area contributed by atoms with Gasteiger partial charge in [0.2, 0.25) is 0 Å². The Morgan fingerprint density at radius 1 is 1.33 bits per heavy atom. The molecular formula is C16H22N2O2S. The van der Waals surface area contributed by atoms with Gasteiger partial charge in [-0.15, -0.1) is 0 Å². The lowest BCUT2D eigenvalue weighted by atomic mass is 9.80. The number of ether oxygens (including phenoxy) is 1. The molecule has 0 aromatic heterocycles. The summed E-state index contributed by atoms with van der Waals surface area (Å²) in [5.41, 5.74) is 7.61. The van der Waals surface area contributed by atoms with E-state index in [4.69, 9.17) is 22.7 Å². The summed E-state index contributed by atoms with van der Waals surface area (Å²) in [6.07, 6.45) is 2.01. The van der Waals surface area contributed by atoms with Crippen LogP contribution in [0.4, 0.5) is 0 Å². The first kappa shape index (κ1) is 15.9. The topological polar surface area (TPSA) is 55.6 Å². The van der Waals surface area contributed by atoms with Gasteiger partial charge in [0.15, 0.2) is 0 Å². The van der Waals surface area contributed by atoms with Gasteiger partial charge in [-0.1, -0.05) is 31.3 Å². The van der Waals surface area contributed by atoms with Gasteiger partial charge in [-0.2, -0.15) is 0 Å². The Bertz CT molecular complexity index is 520. The van der Waals surface area contributed by atoms with E-state index in [2.05, 4.69) is 11.8 Å². The molecule has 0 bridgehead atoms. The van der Waals surface area contributed by atoms with Crippen LogP contribution in [-0.4, -0.2) is 36.1 Å². The zero-order valence-electron chi connectivity index (χ0n) is 12.6. The Hall–Kier alpha value is -1.46. The fourth-order valence-corrected chi connectivity index (χ4v) is 2.78. The highest BCUT2D eigenvalue weighted by atomic mass is 32.1. The van der Waals surface area contributed by atoms with Crippen LogP contribution in [0, 0.1) is 5.41 Å². The maximum absolute atomic E-state index is 11.4. The molecule has 0 radical (unpaired) electrons. The Kier molecular flexibility index (Phi) is 4.96. The van der Waals surface area contributed by atoms with Gasteiger partial charge in [0, 0.05) is 12.0 Å². The molecule has 21 heavy (non-hydrogen) atoms. The Balaban J connectivity index is 1.92. The predicted octanol–water partition coefficient (Wildman–Crippen LogP) is 2.36. The first-order chi connectivity index (χ1) is 9.94. The van der Waals surface area contributed by atoms with E-state index in [-0.39, 0.29) is 11.4 Å². The monoisotopic (exact) mass is 306 g/mol. The number of rotatable bonds is 4. The zero-order valence-corrected chi connectivity index (χ0v) is 13.4. The number of likely N-dealkylation sites (tertiary alicyclic amines) is 1. The lowest BCUT2D eigenvalue weighted by Gasteiger charge is -2.38. The molecule has 1 saturated heterocycles. The molecule has 114 valence electrons. The third-order valence-electron chi connectivity index (χ3n) is 4.34. The van der Waals surface area contributed by atoms with Crippen LogP contribution in [-0.2, 0) is 11.3 Å². The molecule has 2 rings (SSSR count). The summed E-state index contributed by atoms with van der Waals surface area (Å²) in [5, 5.41) is 0. The molecule has 0 amide bonds. The standard InChI is InChI=1S/C16H22N2O2S/c1-16(15(17)21)7-9-18(10-8-16)11-12-3-5-13(6-4-12)14(19)20-2/h3-6H,7-11H2,1-2H3,(H2,17,21). The number of methoxy groups -OCH3 is 1. The maximum atomic E-state index is 11.4. The predicted molar refractivity (Wildman–Crippen MR) is 87.2 cm³/mol. The number of carbonyl (C=O) groups is 1. The molecule has 1 aromatic rings. The normalized spacial score (nSPS) is 18.2. The summed E-state index contributed by atoms with van der Waals surface area (Å²) in [6, 6.07) is 7.58. The van der Waals surface area contributed by atoms with Crippen molar-refractivity contribution < 1.29 is 9.53 Å². The molecule has 5 heteroatoms. The van der Waals surface area contributed by atoms with Gasteiger partial charge in [-0.25, -0.2) is 4.79 Å². The molecule has 0 atom stereocenters. The molecule has 0 unspecified atom stereocenters. The molecule has 2 N–H and O–H groups in total. The molecule has 1 aromatic carbocycles. The largest absolute Gasteiger partial charge is 0.465 e. The number of hydrogen-bond donors (Lipinski definition) is 1. The van der Waals surface area contributed by atoms with Crippen molar-refractivity contribution >= 4 is 23.2 Å². The van der Waals surface area contributed by atoms with E-state index < -0.39 is 0 Å². The average Bonchev–Trinajstić information content (AvgIpc) is 2.49. The van der Waals surface area contributed by atoms with Crippen molar-refractivity contribution in [1.82, 2.24) is 4.90 Å². The molecule has 0 saturated carbocycles. The molecule has 0 aliphatic carbocycles. The third-order valence-corrected chi connectivity index (χ3v) is 4.83. The summed E-state index contributed by atoms with van der Waals surface area (Å²) >= 11 is 5.16. The quantitative estimate of drug-likeness (QED) is 0.683. The van der Waals surface area contributed by atoms with Crippen LogP contribution in [0.1, 0.15) is 35.7 Å². The zero-order chi connectivity index (χ0) is 15.5. The third kappa shape index (κ3) is 3.80. The number of nitrogens with two attached hydrogens (primary N) is 1. The minimum Gasteiger partial charge on any atom is -0.465 e. The summed E-state index contributed by atoms with van der Waals surface area (Å²) in [6.45, 7) is 5.02. The number of piperidine rings is 1. The Morgan fingerprint density at radius 3 is 2.38 bits per heavy atom. The van der Waals surface area contributed by atoms with E-state index in [1.54, 1.807) is 0 Å². The second kappa shape index (κ2) is 6.54. The van der Waals surface area contributed by atoms with E-state index >= 15 is 0 Å². The van der Waals surface area contributed by atoms with Crippen molar-refractivity contribution in [2.45, 2.75) is 26.3 Å². The molecule has 1 heterocycles. The van der Waals surface area contributed by atoms with Gasteiger partial charge in [0.25, 0.3) is 0 Å². The van der Waals surface area contributed by atoms with Crippen LogP contribution in [0.2, 0.25) is 0 Å². The molecule has 4 nitrogen and oxygen atoms in total. The number of hydrogen-bond acceptors (Lipinski definition) is 4. The van der Waals surface area contributed by atoms with E-state index in [1.807, 2.05) is 24.3 Å².